The van der Waals surface area contributed by atoms with E-state index in [4.69, 9.17) is 4.74 Å². The Bertz CT molecular complexity index is 667. The van der Waals surface area contributed by atoms with Gasteiger partial charge in [-0.25, -0.2) is 0 Å². The minimum atomic E-state index is -0.123. The fourth-order valence-electron chi connectivity index (χ4n) is 3.89. The van der Waals surface area contributed by atoms with Gasteiger partial charge in [-0.2, -0.15) is 0 Å². The van der Waals surface area contributed by atoms with Crippen molar-refractivity contribution in [2.45, 2.75) is 13.0 Å². The Balaban J connectivity index is 1.80. The molecule has 3 rings (SSSR count). The summed E-state index contributed by atoms with van der Waals surface area (Å²) in [6.07, 6.45) is 0. The number of ketones is 1. The zero-order valence-electron chi connectivity index (χ0n) is 14.9. The van der Waals surface area contributed by atoms with Gasteiger partial charge < -0.3 is 14.5 Å². The van der Waals surface area contributed by atoms with Crippen molar-refractivity contribution in [1.82, 2.24) is 5.32 Å². The van der Waals surface area contributed by atoms with E-state index in [0.29, 0.717) is 6.61 Å². The third kappa shape index (κ3) is 4.27. The molecule has 25 heavy (non-hydrogen) atoms. The Kier molecular flexibility index (Phi) is 5.84. The highest BCUT2D eigenvalue weighted by Crippen LogP contribution is 2.30. The van der Waals surface area contributed by atoms with Gasteiger partial charge in [0.05, 0.1) is 13.1 Å². The lowest BCUT2D eigenvalue weighted by Crippen LogP contribution is -2.62. The number of ether oxygens (including phenoxy) is 1. The molecule has 0 aliphatic carbocycles. The summed E-state index contributed by atoms with van der Waals surface area (Å²) in [7, 11) is 0. The first-order chi connectivity index (χ1) is 12.2. The summed E-state index contributed by atoms with van der Waals surface area (Å²) in [4.78, 5) is 12.6. The third-order valence-electron chi connectivity index (χ3n) is 5.06. The van der Waals surface area contributed by atoms with E-state index in [1.807, 2.05) is 48.5 Å². The Morgan fingerprint density at radius 3 is 2.24 bits per heavy atom. The molecular weight excluding hydrogens is 312 g/mol. The summed E-state index contributed by atoms with van der Waals surface area (Å²) in [5.74, 6) is 1.11. The van der Waals surface area contributed by atoms with Crippen LogP contribution in [0.3, 0.4) is 0 Å². The van der Waals surface area contributed by atoms with Gasteiger partial charge in [0, 0.05) is 25.6 Å². The Morgan fingerprint density at radius 1 is 1.04 bits per heavy atom. The number of quaternary nitrogens is 1. The third-order valence-corrected chi connectivity index (χ3v) is 5.06. The van der Waals surface area contributed by atoms with Crippen LogP contribution in [0.5, 0.6) is 5.75 Å². The van der Waals surface area contributed by atoms with Crippen LogP contribution in [0.15, 0.2) is 60.7 Å². The molecule has 0 spiro atoms. The van der Waals surface area contributed by atoms with Crippen LogP contribution in [0.2, 0.25) is 0 Å². The van der Waals surface area contributed by atoms with Gasteiger partial charge in [0.25, 0.3) is 0 Å². The van der Waals surface area contributed by atoms with Crippen LogP contribution in [-0.2, 0) is 4.79 Å². The molecule has 1 heterocycles. The number of rotatable bonds is 7. The number of carbonyl (C=O) groups is 1. The highest BCUT2D eigenvalue weighted by molar-refractivity contribution is 5.81. The molecule has 0 radical (unpaired) electrons. The number of carbonyl (C=O) groups excluding carboxylic acids is 1. The average Bonchev–Trinajstić information content (AvgIpc) is 2.64. The van der Waals surface area contributed by atoms with E-state index in [1.54, 1.807) is 6.92 Å². The zero-order valence-corrected chi connectivity index (χ0v) is 14.9. The van der Waals surface area contributed by atoms with E-state index in [1.165, 1.54) is 0 Å². The summed E-state index contributed by atoms with van der Waals surface area (Å²) in [6.45, 7) is 6.91. The summed E-state index contributed by atoms with van der Waals surface area (Å²) in [5, 5.41) is 3.43. The number of nitrogens with zero attached hydrogens (tertiary/aromatic N) is 1. The maximum atomic E-state index is 12.6. The van der Waals surface area contributed by atoms with Crippen LogP contribution in [-0.4, -0.2) is 49.6 Å². The Labute approximate surface area is 150 Å². The molecular formula is C21H27N2O2+. The van der Waals surface area contributed by atoms with E-state index in [9.17, 15) is 4.79 Å². The molecule has 2 aromatic carbocycles. The van der Waals surface area contributed by atoms with Crippen LogP contribution >= 0.6 is 0 Å². The van der Waals surface area contributed by atoms with Gasteiger partial charge in [0.15, 0.2) is 11.8 Å². The van der Waals surface area contributed by atoms with Gasteiger partial charge in [0.1, 0.15) is 18.9 Å². The quantitative estimate of drug-likeness (QED) is 0.789. The van der Waals surface area contributed by atoms with Gasteiger partial charge in [-0.15, -0.1) is 0 Å². The SMILES string of the molecule is CC(=O)C(c1ccccc1)[N+]1(CCOc2ccccc2)CCNCC1. The van der Waals surface area contributed by atoms with Crippen molar-refractivity contribution in [2.75, 3.05) is 39.3 Å². The van der Waals surface area contributed by atoms with E-state index < -0.39 is 0 Å². The predicted octanol–water partition coefficient (Wildman–Crippen LogP) is 2.82. The number of hydrogen-bond donors (Lipinski definition) is 1. The van der Waals surface area contributed by atoms with Crippen molar-refractivity contribution in [1.29, 1.82) is 0 Å². The second-order valence-electron chi connectivity index (χ2n) is 6.72. The van der Waals surface area contributed by atoms with Crippen LogP contribution in [0, 0.1) is 0 Å². The molecule has 4 nitrogen and oxygen atoms in total. The minimum absolute atomic E-state index is 0.123. The molecule has 4 heteroatoms. The summed E-state index contributed by atoms with van der Waals surface area (Å²) in [5.41, 5.74) is 1.11. The first-order valence-electron chi connectivity index (χ1n) is 9.01. The van der Waals surface area contributed by atoms with Crippen molar-refractivity contribution in [3.63, 3.8) is 0 Å². The van der Waals surface area contributed by atoms with Crippen LogP contribution < -0.4 is 10.1 Å². The van der Waals surface area contributed by atoms with Gasteiger partial charge in [-0.1, -0.05) is 48.5 Å². The second-order valence-corrected chi connectivity index (χ2v) is 6.72. The lowest BCUT2D eigenvalue weighted by Gasteiger charge is -2.46. The molecule has 132 valence electrons. The average molecular weight is 339 g/mol. The maximum absolute atomic E-state index is 12.6. The zero-order chi connectivity index (χ0) is 17.5. The lowest BCUT2D eigenvalue weighted by molar-refractivity contribution is -0.949. The van der Waals surface area contributed by atoms with Gasteiger partial charge in [-0.05, 0) is 12.1 Å². The monoisotopic (exact) mass is 339 g/mol. The topological polar surface area (TPSA) is 38.3 Å². The van der Waals surface area contributed by atoms with Crippen molar-refractivity contribution in [3.05, 3.63) is 66.2 Å². The number of hydrogen-bond acceptors (Lipinski definition) is 3. The van der Waals surface area contributed by atoms with Crippen molar-refractivity contribution < 1.29 is 14.0 Å². The highest BCUT2D eigenvalue weighted by Gasteiger charge is 2.42. The highest BCUT2D eigenvalue weighted by atomic mass is 16.5. The largest absolute Gasteiger partial charge is 0.488 e. The van der Waals surface area contributed by atoms with Gasteiger partial charge in [-0.3, -0.25) is 4.79 Å². The molecule has 1 aliphatic heterocycles. The van der Waals surface area contributed by atoms with E-state index in [2.05, 4.69) is 17.4 Å². The second kappa shape index (κ2) is 8.28. The van der Waals surface area contributed by atoms with E-state index in [0.717, 1.165) is 48.5 Å². The smallest absolute Gasteiger partial charge is 0.191 e. The summed E-state index contributed by atoms with van der Waals surface area (Å²) >= 11 is 0. The van der Waals surface area contributed by atoms with E-state index >= 15 is 0 Å². The molecule has 1 N–H and O–H groups in total. The van der Waals surface area contributed by atoms with Gasteiger partial charge >= 0.3 is 0 Å². The van der Waals surface area contributed by atoms with Crippen LogP contribution in [0.25, 0.3) is 0 Å². The van der Waals surface area contributed by atoms with Crippen molar-refractivity contribution in [3.8, 4) is 5.75 Å². The number of para-hydroxylation sites is 1. The molecule has 2 aromatic rings. The molecule has 0 aromatic heterocycles. The van der Waals surface area contributed by atoms with Crippen molar-refractivity contribution in [2.24, 2.45) is 0 Å². The standard InChI is InChI=1S/C21H27N2O2/c1-18(24)21(19-8-4-2-5-9-19)23(14-12-22-13-15-23)16-17-25-20-10-6-3-7-11-20/h2-11,21-22H,12-17H2,1H3/q+1. The molecule has 0 saturated carbocycles. The Morgan fingerprint density at radius 2 is 1.64 bits per heavy atom. The summed E-state index contributed by atoms with van der Waals surface area (Å²) < 4.78 is 6.72. The van der Waals surface area contributed by atoms with Crippen molar-refractivity contribution >= 4 is 5.78 Å². The number of benzene rings is 2. The van der Waals surface area contributed by atoms with E-state index in [-0.39, 0.29) is 11.8 Å². The lowest BCUT2D eigenvalue weighted by atomic mass is 9.97. The summed E-state index contributed by atoms with van der Waals surface area (Å²) in [6, 6.07) is 20.0. The predicted molar refractivity (Wildman–Crippen MR) is 99.5 cm³/mol. The minimum Gasteiger partial charge on any atom is -0.488 e. The molecule has 1 aliphatic rings. The first-order valence-corrected chi connectivity index (χ1v) is 9.01. The molecule has 1 unspecified atom stereocenters. The normalized spacial score (nSPS) is 17.6. The fourth-order valence-corrected chi connectivity index (χ4v) is 3.89. The molecule has 1 saturated heterocycles. The number of nitrogens with one attached hydrogen (secondary N) is 1. The first kappa shape index (κ1) is 17.6. The molecule has 1 fully saturated rings. The number of Topliss-reactive ketones (excluding diaryl/α,β-unsaturated/α-hetero) is 1. The van der Waals surface area contributed by atoms with Crippen LogP contribution in [0.1, 0.15) is 18.5 Å². The maximum Gasteiger partial charge on any atom is 0.191 e. The molecule has 1 atom stereocenters. The van der Waals surface area contributed by atoms with Gasteiger partial charge in [0.2, 0.25) is 0 Å². The molecule has 0 amide bonds. The number of piperazine rings is 1. The van der Waals surface area contributed by atoms with Crippen LogP contribution in [0.4, 0.5) is 0 Å². The fraction of sp³-hybridized carbons (Fsp3) is 0.381. The molecule has 0 bridgehead atoms. The Hall–Kier alpha value is -2.17.